The van der Waals surface area contributed by atoms with Gasteiger partial charge in [-0.2, -0.15) is 17.6 Å². The van der Waals surface area contributed by atoms with Crippen LogP contribution in [0, 0.1) is 17.6 Å². The second-order valence-corrected chi connectivity index (χ2v) is 8.02. The minimum atomic E-state index is -5.09. The molecule has 0 aliphatic carbocycles. The average molecular weight is 566 g/mol. The number of carbonyl (C=O) groups is 2. The molecule has 2 amide bonds. The summed E-state index contributed by atoms with van der Waals surface area (Å²) in [6, 6.07) is 4.25. The molecule has 0 fully saturated rings. The lowest BCUT2D eigenvalue weighted by atomic mass is 10.2. The maximum atomic E-state index is 14.2. The first kappa shape index (κ1) is 27.9. The third kappa shape index (κ3) is 5.97. The second kappa shape index (κ2) is 11.0. The van der Waals surface area contributed by atoms with Crippen LogP contribution in [0.25, 0.3) is 11.4 Å². The summed E-state index contributed by atoms with van der Waals surface area (Å²) in [7, 11) is 1.43. The van der Waals surface area contributed by atoms with Crippen LogP contribution in [0.5, 0.6) is 0 Å². The van der Waals surface area contributed by atoms with Crippen molar-refractivity contribution in [3.8, 4) is 11.4 Å². The summed E-state index contributed by atoms with van der Waals surface area (Å²) in [5, 5.41) is 12.3. The number of rotatable bonds is 6. The molecule has 4 aromatic heterocycles. The van der Waals surface area contributed by atoms with E-state index in [-0.39, 0.29) is 28.5 Å². The predicted molar refractivity (Wildman–Crippen MR) is 124 cm³/mol. The molecule has 4 rings (SSSR count). The first-order chi connectivity index (χ1) is 18.8. The summed E-state index contributed by atoms with van der Waals surface area (Å²) in [5.74, 6) is -4.85. The molecule has 0 saturated carbocycles. The van der Waals surface area contributed by atoms with Gasteiger partial charge in [0.1, 0.15) is 11.9 Å². The Labute approximate surface area is 220 Å². The molecular weight excluding hydrogens is 550 g/mol. The van der Waals surface area contributed by atoms with Crippen LogP contribution in [0.3, 0.4) is 0 Å². The zero-order valence-electron chi connectivity index (χ0n) is 20.3. The van der Waals surface area contributed by atoms with Crippen molar-refractivity contribution in [3.05, 3.63) is 77.3 Å². The highest BCUT2D eigenvalue weighted by Crippen LogP contribution is 2.31. The summed E-state index contributed by atoms with van der Waals surface area (Å²) in [6.45, 7) is 1.30. The predicted octanol–water partition coefficient (Wildman–Crippen LogP) is 4.67. The highest BCUT2D eigenvalue weighted by molar-refractivity contribution is 6.04. The molecule has 0 spiro atoms. The van der Waals surface area contributed by atoms with Crippen LogP contribution in [-0.4, -0.2) is 41.9 Å². The maximum absolute atomic E-state index is 14.2. The summed E-state index contributed by atoms with van der Waals surface area (Å²) >= 11 is 0. The molecule has 208 valence electrons. The number of halogens is 6. The number of hydrogen-bond acceptors (Lipinski definition) is 8. The highest BCUT2D eigenvalue weighted by atomic mass is 19.4. The smallest absolute Gasteiger partial charge is 0.436 e. The SMILES string of the molecule is C[C@@H](OC(=O)Nc1c(-c2ccc(NC(=O)c3ccnc(C(F)(F)F)c3F)cn2)nnn1C)c1cc(F)cnc1F. The molecule has 0 aliphatic heterocycles. The van der Waals surface area contributed by atoms with Gasteiger partial charge in [-0.3, -0.25) is 15.1 Å². The van der Waals surface area contributed by atoms with Gasteiger partial charge in [-0.1, -0.05) is 5.21 Å². The first-order valence-corrected chi connectivity index (χ1v) is 11.0. The second-order valence-electron chi connectivity index (χ2n) is 8.02. The van der Waals surface area contributed by atoms with Gasteiger partial charge in [0.2, 0.25) is 5.95 Å². The van der Waals surface area contributed by atoms with Gasteiger partial charge in [0.15, 0.2) is 23.0 Å². The van der Waals surface area contributed by atoms with Crippen molar-refractivity contribution in [2.75, 3.05) is 10.6 Å². The largest absolute Gasteiger partial charge is 0.441 e. The molecule has 0 saturated heterocycles. The van der Waals surface area contributed by atoms with Gasteiger partial charge in [-0.25, -0.2) is 28.2 Å². The van der Waals surface area contributed by atoms with Crippen LogP contribution in [-0.2, 0) is 18.0 Å². The molecule has 2 N–H and O–H groups in total. The number of carbonyl (C=O) groups excluding carboxylic acids is 2. The van der Waals surface area contributed by atoms with Crippen molar-refractivity contribution in [1.29, 1.82) is 0 Å². The summed E-state index contributed by atoms with van der Waals surface area (Å²) in [6.07, 6.45) is -4.94. The van der Waals surface area contributed by atoms with Crippen LogP contribution >= 0.6 is 0 Å². The summed E-state index contributed by atoms with van der Waals surface area (Å²) in [5.41, 5.74) is -2.84. The van der Waals surface area contributed by atoms with Crippen molar-refractivity contribution < 1.29 is 40.7 Å². The number of nitrogens with one attached hydrogen (secondary N) is 2. The molecule has 0 radical (unpaired) electrons. The molecule has 40 heavy (non-hydrogen) atoms. The van der Waals surface area contributed by atoms with Crippen molar-refractivity contribution in [1.82, 2.24) is 29.9 Å². The number of anilines is 2. The molecule has 0 unspecified atom stereocenters. The lowest BCUT2D eigenvalue weighted by molar-refractivity contribution is -0.143. The molecular formula is C23H16F6N8O3. The van der Waals surface area contributed by atoms with Crippen LogP contribution < -0.4 is 10.6 Å². The number of nitrogens with zero attached hydrogens (tertiary/aromatic N) is 6. The van der Waals surface area contributed by atoms with Crippen LogP contribution in [0.2, 0.25) is 0 Å². The number of aryl methyl sites for hydroxylation is 1. The lowest BCUT2D eigenvalue weighted by Gasteiger charge is -2.15. The third-order valence-corrected chi connectivity index (χ3v) is 5.27. The Morgan fingerprint density at radius 1 is 1.02 bits per heavy atom. The zero-order chi connectivity index (χ0) is 29.2. The van der Waals surface area contributed by atoms with Gasteiger partial charge in [0, 0.05) is 13.2 Å². The van der Waals surface area contributed by atoms with E-state index in [1.165, 1.54) is 26.1 Å². The fraction of sp³-hybridized carbons (Fsp3) is 0.174. The summed E-state index contributed by atoms with van der Waals surface area (Å²) < 4.78 is 86.4. The van der Waals surface area contributed by atoms with E-state index in [0.29, 0.717) is 12.4 Å². The van der Waals surface area contributed by atoms with Gasteiger partial charge in [-0.05, 0) is 31.2 Å². The number of aromatic nitrogens is 6. The zero-order valence-corrected chi connectivity index (χ0v) is 20.3. The topological polar surface area (TPSA) is 137 Å². The molecule has 0 aliphatic rings. The Hall–Kier alpha value is -5.09. The lowest BCUT2D eigenvalue weighted by Crippen LogP contribution is -2.19. The van der Waals surface area contributed by atoms with Crippen LogP contribution in [0.1, 0.15) is 34.6 Å². The van der Waals surface area contributed by atoms with Crippen LogP contribution in [0.4, 0.5) is 42.6 Å². The molecule has 4 heterocycles. The van der Waals surface area contributed by atoms with E-state index in [2.05, 4.69) is 35.9 Å². The standard InChI is InChI=1S/C23H16F6N8O3/c1-10(14-7-11(24)8-32-19(14)26)40-22(39)34-20-17(35-36-37(20)2)15-4-3-12(9-31-15)33-21(38)13-5-6-30-18(16(13)25)23(27,28)29/h3-10H,1-2H3,(H,33,38)(H,34,39)/t10-/m1/s1. The fourth-order valence-corrected chi connectivity index (χ4v) is 3.37. The Morgan fingerprint density at radius 3 is 2.45 bits per heavy atom. The Kier molecular flexibility index (Phi) is 7.65. The number of alkyl halides is 3. The van der Waals surface area contributed by atoms with Gasteiger partial charge in [0.05, 0.1) is 34.9 Å². The van der Waals surface area contributed by atoms with Gasteiger partial charge < -0.3 is 10.1 Å². The van der Waals surface area contributed by atoms with Gasteiger partial charge in [0.25, 0.3) is 5.91 Å². The average Bonchev–Trinajstić information content (AvgIpc) is 3.24. The van der Waals surface area contributed by atoms with Crippen molar-refractivity contribution >= 4 is 23.5 Å². The molecule has 0 aromatic carbocycles. The molecule has 1 atom stereocenters. The Morgan fingerprint density at radius 2 is 1.77 bits per heavy atom. The molecule has 0 bridgehead atoms. The number of hydrogen-bond donors (Lipinski definition) is 2. The van der Waals surface area contributed by atoms with E-state index in [9.17, 15) is 35.9 Å². The van der Waals surface area contributed by atoms with E-state index < -0.39 is 53.1 Å². The molecule has 17 heteroatoms. The Balaban J connectivity index is 1.47. The minimum Gasteiger partial charge on any atom is -0.441 e. The van der Waals surface area contributed by atoms with E-state index in [0.717, 1.165) is 23.0 Å². The van der Waals surface area contributed by atoms with Crippen molar-refractivity contribution in [3.63, 3.8) is 0 Å². The van der Waals surface area contributed by atoms with E-state index in [1.807, 2.05) is 0 Å². The quantitative estimate of drug-likeness (QED) is 0.254. The normalized spacial score (nSPS) is 12.1. The monoisotopic (exact) mass is 566 g/mol. The number of pyridine rings is 3. The van der Waals surface area contributed by atoms with Crippen molar-refractivity contribution in [2.45, 2.75) is 19.2 Å². The van der Waals surface area contributed by atoms with E-state index in [1.54, 1.807) is 0 Å². The number of ether oxygens (including phenoxy) is 1. The fourth-order valence-electron chi connectivity index (χ4n) is 3.37. The van der Waals surface area contributed by atoms with Gasteiger partial charge in [-0.15, -0.1) is 5.10 Å². The van der Waals surface area contributed by atoms with Crippen LogP contribution in [0.15, 0.2) is 42.9 Å². The summed E-state index contributed by atoms with van der Waals surface area (Å²) in [4.78, 5) is 35.0. The molecule has 4 aromatic rings. The number of amides is 2. The third-order valence-electron chi connectivity index (χ3n) is 5.27. The maximum Gasteiger partial charge on any atom is 0.436 e. The first-order valence-electron chi connectivity index (χ1n) is 11.0. The van der Waals surface area contributed by atoms with Crippen molar-refractivity contribution in [2.24, 2.45) is 7.05 Å². The minimum absolute atomic E-state index is 0.00198. The van der Waals surface area contributed by atoms with Gasteiger partial charge >= 0.3 is 12.3 Å². The Bertz CT molecular complexity index is 1580. The van der Waals surface area contributed by atoms with E-state index in [4.69, 9.17) is 4.74 Å². The molecule has 11 nitrogen and oxygen atoms in total. The van der Waals surface area contributed by atoms with E-state index >= 15 is 0 Å². The highest BCUT2D eigenvalue weighted by Gasteiger charge is 2.37.